The molecule has 1 aromatic heterocycles. The number of nitrogens with zero attached hydrogens (tertiary/aromatic N) is 1. The Kier molecular flexibility index (Phi) is 3.40. The Bertz CT molecular complexity index is 290. The molecule has 0 aliphatic heterocycles. The number of hydrogen-bond donors (Lipinski definition) is 1. The standard InChI is InChI=1S/C7H7BrN2.W/c1-5(2)3-7-9-4-6(8)10-7;/h1,3-4H,2H3,(H,9,10);. The van der Waals surface area contributed by atoms with Gasteiger partial charge in [-0.25, -0.2) is 0 Å². The first-order chi connectivity index (χ1) is 5.22. The molecule has 1 heterocycles. The zero-order valence-electron chi connectivity index (χ0n) is 5.97. The van der Waals surface area contributed by atoms with Crippen LogP contribution < -0.4 is 0 Å². The Balaban J connectivity index is 2.86. The van der Waals surface area contributed by atoms with Crippen LogP contribution in [0.25, 0.3) is 6.08 Å². The average molecular weight is 383 g/mol. The monoisotopic (exact) mass is 382 g/mol. The summed E-state index contributed by atoms with van der Waals surface area (Å²) >= 11 is 4.75. The van der Waals surface area contributed by atoms with E-state index >= 15 is 0 Å². The predicted octanol–water partition coefficient (Wildman–Crippen LogP) is 1.92. The maximum atomic E-state index is 4.11. The van der Waals surface area contributed by atoms with Crippen LogP contribution in [0.2, 0.25) is 0 Å². The molecule has 0 aromatic carbocycles. The molecule has 0 saturated heterocycles. The van der Waals surface area contributed by atoms with Gasteiger partial charge in [-0.2, -0.15) is 0 Å². The molecule has 0 radical (unpaired) electrons. The fraction of sp³-hybridized carbons (Fsp3) is 0.143. The topological polar surface area (TPSA) is 28.7 Å². The minimum atomic E-state index is 0.895. The van der Waals surface area contributed by atoms with Gasteiger partial charge in [0.15, 0.2) is 0 Å². The van der Waals surface area contributed by atoms with Gasteiger partial charge in [-0.3, -0.25) is 0 Å². The van der Waals surface area contributed by atoms with Gasteiger partial charge in [-0.1, -0.05) is 0 Å². The molecular weight excluding hydrogens is 376 g/mol. The summed E-state index contributed by atoms with van der Waals surface area (Å²) in [5.74, 6) is 0.895. The second kappa shape index (κ2) is 4.12. The van der Waals surface area contributed by atoms with E-state index in [0.717, 1.165) is 10.4 Å². The molecule has 0 aliphatic rings. The number of H-pyrrole nitrogens is 1. The van der Waals surface area contributed by atoms with Crippen LogP contribution in [0.3, 0.4) is 0 Å². The normalized spacial score (nSPS) is 11.6. The molecule has 1 N–H and O–H groups in total. The molecule has 1 rings (SSSR count). The van der Waals surface area contributed by atoms with Crippen molar-refractivity contribution in [3.05, 3.63) is 22.2 Å². The van der Waals surface area contributed by atoms with Crippen molar-refractivity contribution in [1.29, 1.82) is 0 Å². The molecule has 58 valence electrons. The van der Waals surface area contributed by atoms with Crippen LogP contribution in [-0.4, -0.2) is 14.4 Å². The van der Waals surface area contributed by atoms with Gasteiger partial charge in [0.05, 0.1) is 0 Å². The molecular formula is C7H7BrN2W. The summed E-state index contributed by atoms with van der Waals surface area (Å²) < 4.78 is 3.04. The van der Waals surface area contributed by atoms with Crippen molar-refractivity contribution in [2.45, 2.75) is 6.92 Å². The number of nitrogens with one attached hydrogen (secondary N) is 1. The number of aromatic amines is 1. The molecule has 0 unspecified atom stereocenters. The Morgan fingerprint density at radius 3 is 3.00 bits per heavy atom. The van der Waals surface area contributed by atoms with Gasteiger partial charge in [0, 0.05) is 0 Å². The molecule has 0 saturated carbocycles. The van der Waals surface area contributed by atoms with Gasteiger partial charge in [0.2, 0.25) is 0 Å². The zero-order valence-corrected chi connectivity index (χ0v) is 10.5. The summed E-state index contributed by atoms with van der Waals surface area (Å²) in [7, 11) is 0. The van der Waals surface area contributed by atoms with Crippen molar-refractivity contribution < 1.29 is 19.4 Å². The summed E-state index contributed by atoms with van der Waals surface area (Å²) in [6.45, 7) is 2.06. The first-order valence-electron chi connectivity index (χ1n) is 3.06. The van der Waals surface area contributed by atoms with Crippen molar-refractivity contribution in [1.82, 2.24) is 9.97 Å². The molecule has 11 heavy (non-hydrogen) atoms. The summed E-state index contributed by atoms with van der Waals surface area (Å²) in [5.41, 5.74) is 1.24. The Labute approximate surface area is 84.7 Å². The quantitative estimate of drug-likeness (QED) is 0.831. The molecule has 0 atom stereocenters. The van der Waals surface area contributed by atoms with Gasteiger partial charge in [0.1, 0.15) is 0 Å². The molecule has 0 aliphatic carbocycles. The van der Waals surface area contributed by atoms with E-state index in [1.165, 1.54) is 24.9 Å². The van der Waals surface area contributed by atoms with Crippen LogP contribution in [0.4, 0.5) is 0 Å². The zero-order chi connectivity index (χ0) is 8.27. The summed E-state index contributed by atoms with van der Waals surface area (Å²) in [4.78, 5) is 7.17. The van der Waals surface area contributed by atoms with Gasteiger partial charge in [-0.15, -0.1) is 0 Å². The SMILES string of the molecule is CC([CH]=[W])=Cc1ncc(Br)[nH]1. The molecule has 0 bridgehead atoms. The summed E-state index contributed by atoms with van der Waals surface area (Å²) in [5, 5.41) is 0. The first kappa shape index (κ1) is 9.08. The minimum absolute atomic E-state index is 0.895. The third-order valence-corrected chi connectivity index (χ3v) is 2.85. The van der Waals surface area contributed by atoms with Crippen LogP contribution in [0.15, 0.2) is 16.4 Å². The van der Waals surface area contributed by atoms with E-state index in [1.807, 2.05) is 6.08 Å². The van der Waals surface area contributed by atoms with Crippen molar-refractivity contribution in [3.63, 3.8) is 0 Å². The van der Waals surface area contributed by atoms with E-state index in [-0.39, 0.29) is 0 Å². The van der Waals surface area contributed by atoms with Crippen LogP contribution in [0.1, 0.15) is 12.7 Å². The number of rotatable bonds is 2. The van der Waals surface area contributed by atoms with Gasteiger partial charge >= 0.3 is 84.8 Å². The van der Waals surface area contributed by atoms with E-state index in [0.29, 0.717) is 0 Å². The second-order valence-electron chi connectivity index (χ2n) is 2.12. The second-order valence-corrected chi connectivity index (χ2v) is 3.82. The third kappa shape index (κ3) is 2.84. The molecule has 0 amide bonds. The third-order valence-electron chi connectivity index (χ3n) is 1.11. The predicted molar refractivity (Wildman–Crippen MR) is 46.0 cm³/mol. The Morgan fingerprint density at radius 1 is 1.82 bits per heavy atom. The first-order valence-corrected chi connectivity index (χ1v) is 5.55. The van der Waals surface area contributed by atoms with Crippen molar-refractivity contribution >= 4 is 26.4 Å². The van der Waals surface area contributed by atoms with E-state index in [4.69, 9.17) is 0 Å². The van der Waals surface area contributed by atoms with E-state index in [9.17, 15) is 0 Å². The van der Waals surface area contributed by atoms with Crippen LogP contribution >= 0.6 is 15.9 Å². The molecule has 0 fully saturated rings. The van der Waals surface area contributed by atoms with E-state index in [2.05, 4.69) is 37.2 Å². The molecule has 4 heteroatoms. The molecule has 2 nitrogen and oxygen atoms in total. The Hall–Kier alpha value is -0.0117. The van der Waals surface area contributed by atoms with Crippen molar-refractivity contribution in [2.24, 2.45) is 0 Å². The van der Waals surface area contributed by atoms with Gasteiger partial charge in [0.25, 0.3) is 0 Å². The van der Waals surface area contributed by atoms with Gasteiger partial charge in [-0.05, 0) is 0 Å². The van der Waals surface area contributed by atoms with Crippen molar-refractivity contribution in [3.8, 4) is 0 Å². The van der Waals surface area contributed by atoms with Gasteiger partial charge < -0.3 is 0 Å². The average Bonchev–Trinajstić information content (AvgIpc) is 2.35. The molecule has 0 spiro atoms. The fourth-order valence-corrected chi connectivity index (χ4v) is 1.19. The van der Waals surface area contributed by atoms with E-state index in [1.54, 1.807) is 6.20 Å². The molecule has 1 aromatic rings. The Morgan fingerprint density at radius 2 is 2.55 bits per heavy atom. The van der Waals surface area contributed by atoms with E-state index < -0.39 is 0 Å². The number of hydrogen-bond acceptors (Lipinski definition) is 1. The number of imidazole rings is 1. The maximum absolute atomic E-state index is 4.11. The van der Waals surface area contributed by atoms with Crippen LogP contribution in [-0.2, 0) is 19.4 Å². The van der Waals surface area contributed by atoms with Crippen LogP contribution in [0.5, 0.6) is 0 Å². The number of allylic oxidation sites excluding steroid dienone is 1. The number of halogens is 1. The summed E-state index contributed by atoms with van der Waals surface area (Å²) in [6, 6.07) is 0. The fourth-order valence-electron chi connectivity index (χ4n) is 0.636. The number of aromatic nitrogens is 2. The summed E-state index contributed by atoms with van der Waals surface area (Å²) in [6.07, 6.45) is 3.76. The van der Waals surface area contributed by atoms with Crippen LogP contribution in [0, 0.1) is 0 Å². The van der Waals surface area contributed by atoms with Crippen molar-refractivity contribution in [2.75, 3.05) is 0 Å².